The molecule has 0 aromatic heterocycles. The molecular formula is C14H17BrO3. The van der Waals surface area contributed by atoms with Crippen molar-refractivity contribution in [3.05, 3.63) is 27.7 Å². The average Bonchev–Trinajstić information content (AvgIpc) is 2.98. The smallest absolute Gasteiger partial charge is 0.125 e. The Kier molecular flexibility index (Phi) is 3.59. The molecule has 0 radical (unpaired) electrons. The molecule has 1 aromatic rings. The number of benzene rings is 1. The Morgan fingerprint density at radius 3 is 3.06 bits per heavy atom. The Bertz CT molecular complexity index is 441. The minimum atomic E-state index is -0.435. The first-order chi connectivity index (χ1) is 8.74. The van der Waals surface area contributed by atoms with E-state index in [9.17, 15) is 5.11 Å². The third kappa shape index (κ3) is 2.42. The summed E-state index contributed by atoms with van der Waals surface area (Å²) in [5, 5.41) is 10.2. The van der Waals surface area contributed by atoms with Gasteiger partial charge in [-0.1, -0.05) is 15.9 Å². The third-order valence-electron chi connectivity index (χ3n) is 3.65. The van der Waals surface area contributed by atoms with Gasteiger partial charge in [-0.2, -0.15) is 0 Å². The van der Waals surface area contributed by atoms with E-state index in [-0.39, 0.29) is 6.10 Å². The lowest BCUT2D eigenvalue weighted by Gasteiger charge is -2.18. The number of aliphatic hydroxyl groups excluding tert-OH is 1. The van der Waals surface area contributed by atoms with E-state index in [1.165, 1.54) is 5.56 Å². The zero-order chi connectivity index (χ0) is 12.5. The van der Waals surface area contributed by atoms with E-state index < -0.39 is 6.10 Å². The molecular weight excluding hydrogens is 296 g/mol. The van der Waals surface area contributed by atoms with Gasteiger partial charge in [0.25, 0.3) is 0 Å². The third-order valence-corrected chi connectivity index (χ3v) is 4.11. The second-order valence-electron chi connectivity index (χ2n) is 4.97. The van der Waals surface area contributed by atoms with Crippen LogP contribution in [0.3, 0.4) is 0 Å². The molecule has 1 fully saturated rings. The first-order valence-electron chi connectivity index (χ1n) is 6.48. The van der Waals surface area contributed by atoms with Gasteiger partial charge >= 0.3 is 0 Å². The molecule has 18 heavy (non-hydrogen) atoms. The molecule has 1 N–H and O–H groups in total. The summed E-state index contributed by atoms with van der Waals surface area (Å²) in [5.41, 5.74) is 2.32. The Labute approximate surface area is 115 Å². The lowest BCUT2D eigenvalue weighted by Crippen LogP contribution is -2.27. The minimum Gasteiger partial charge on any atom is -0.493 e. The SMILES string of the molecule is OC(Cc1cc(Br)cc2c1OCC2)C1CCCO1. The van der Waals surface area contributed by atoms with Gasteiger partial charge < -0.3 is 14.6 Å². The lowest BCUT2D eigenvalue weighted by molar-refractivity contribution is -0.00100. The molecule has 2 atom stereocenters. The highest BCUT2D eigenvalue weighted by Gasteiger charge is 2.26. The number of fused-ring (bicyclic) bond motifs is 1. The number of rotatable bonds is 3. The lowest BCUT2D eigenvalue weighted by atomic mass is 9.99. The fourth-order valence-electron chi connectivity index (χ4n) is 2.76. The van der Waals surface area contributed by atoms with Gasteiger partial charge in [0.1, 0.15) is 5.75 Å². The molecule has 0 amide bonds. The molecule has 2 aliphatic rings. The van der Waals surface area contributed by atoms with Crippen LogP contribution in [0.2, 0.25) is 0 Å². The van der Waals surface area contributed by atoms with Crippen molar-refractivity contribution in [2.24, 2.45) is 0 Å². The van der Waals surface area contributed by atoms with Crippen molar-refractivity contribution in [3.8, 4) is 5.75 Å². The second-order valence-corrected chi connectivity index (χ2v) is 5.89. The molecule has 3 rings (SSSR count). The van der Waals surface area contributed by atoms with Crippen LogP contribution in [0.5, 0.6) is 5.75 Å². The van der Waals surface area contributed by atoms with E-state index in [2.05, 4.69) is 22.0 Å². The van der Waals surface area contributed by atoms with Gasteiger partial charge in [0.2, 0.25) is 0 Å². The van der Waals surface area contributed by atoms with Crippen LogP contribution in [0.4, 0.5) is 0 Å². The van der Waals surface area contributed by atoms with Gasteiger partial charge in [-0.05, 0) is 36.1 Å². The fraction of sp³-hybridized carbons (Fsp3) is 0.571. The highest BCUT2D eigenvalue weighted by atomic mass is 79.9. The number of ether oxygens (including phenoxy) is 2. The molecule has 0 aliphatic carbocycles. The minimum absolute atomic E-state index is 0.0129. The molecule has 0 spiro atoms. The number of hydrogen-bond acceptors (Lipinski definition) is 3. The fourth-order valence-corrected chi connectivity index (χ4v) is 3.31. The highest BCUT2D eigenvalue weighted by Crippen LogP contribution is 2.34. The topological polar surface area (TPSA) is 38.7 Å². The van der Waals surface area contributed by atoms with Crippen LogP contribution in [0.1, 0.15) is 24.0 Å². The van der Waals surface area contributed by atoms with Crippen molar-refractivity contribution in [3.63, 3.8) is 0 Å². The van der Waals surface area contributed by atoms with E-state index in [1.54, 1.807) is 0 Å². The molecule has 4 heteroatoms. The van der Waals surface area contributed by atoms with Gasteiger partial charge in [-0.3, -0.25) is 0 Å². The Hall–Kier alpha value is -0.580. The molecule has 2 unspecified atom stereocenters. The van der Waals surface area contributed by atoms with Gasteiger partial charge in [0.15, 0.2) is 0 Å². The van der Waals surface area contributed by atoms with Gasteiger partial charge in [-0.15, -0.1) is 0 Å². The predicted molar refractivity (Wildman–Crippen MR) is 72.0 cm³/mol. The predicted octanol–water partition coefficient (Wildman–Crippen LogP) is 2.47. The van der Waals surface area contributed by atoms with Gasteiger partial charge in [-0.25, -0.2) is 0 Å². The van der Waals surface area contributed by atoms with E-state index in [1.807, 2.05) is 6.07 Å². The Balaban J connectivity index is 1.79. The largest absolute Gasteiger partial charge is 0.493 e. The van der Waals surface area contributed by atoms with Crippen molar-refractivity contribution in [2.45, 2.75) is 37.9 Å². The van der Waals surface area contributed by atoms with Crippen LogP contribution in [-0.2, 0) is 17.6 Å². The van der Waals surface area contributed by atoms with E-state index in [0.29, 0.717) is 6.42 Å². The number of halogens is 1. The quantitative estimate of drug-likeness (QED) is 0.932. The molecule has 1 aromatic carbocycles. The van der Waals surface area contributed by atoms with Crippen molar-refractivity contribution in [2.75, 3.05) is 13.2 Å². The van der Waals surface area contributed by atoms with Crippen LogP contribution >= 0.6 is 15.9 Å². The Morgan fingerprint density at radius 1 is 1.39 bits per heavy atom. The molecule has 2 heterocycles. The molecule has 2 aliphatic heterocycles. The molecule has 0 saturated carbocycles. The van der Waals surface area contributed by atoms with Crippen LogP contribution in [0.25, 0.3) is 0 Å². The normalized spacial score (nSPS) is 23.8. The van der Waals surface area contributed by atoms with Crippen LogP contribution < -0.4 is 4.74 Å². The highest BCUT2D eigenvalue weighted by molar-refractivity contribution is 9.10. The Morgan fingerprint density at radius 2 is 2.28 bits per heavy atom. The summed E-state index contributed by atoms with van der Waals surface area (Å²) < 4.78 is 12.3. The molecule has 98 valence electrons. The average molecular weight is 313 g/mol. The van der Waals surface area contributed by atoms with Gasteiger partial charge in [0.05, 0.1) is 18.8 Å². The summed E-state index contributed by atoms with van der Waals surface area (Å²) in [4.78, 5) is 0. The maximum atomic E-state index is 10.2. The molecule has 3 nitrogen and oxygen atoms in total. The maximum absolute atomic E-state index is 10.2. The van der Waals surface area contributed by atoms with Crippen LogP contribution in [0.15, 0.2) is 16.6 Å². The number of aliphatic hydroxyl groups is 1. The van der Waals surface area contributed by atoms with Crippen molar-refractivity contribution in [1.82, 2.24) is 0 Å². The standard InChI is InChI=1S/C14H17BrO3/c15-11-6-9-3-5-18-14(9)10(7-11)8-12(16)13-2-1-4-17-13/h6-7,12-13,16H,1-5,8H2. The van der Waals surface area contributed by atoms with Crippen molar-refractivity contribution >= 4 is 15.9 Å². The zero-order valence-corrected chi connectivity index (χ0v) is 11.8. The summed E-state index contributed by atoms with van der Waals surface area (Å²) in [5.74, 6) is 0.968. The summed E-state index contributed by atoms with van der Waals surface area (Å²) in [7, 11) is 0. The summed E-state index contributed by atoms with van der Waals surface area (Å²) in [6, 6.07) is 4.15. The summed E-state index contributed by atoms with van der Waals surface area (Å²) in [6.45, 7) is 1.52. The molecule has 0 bridgehead atoms. The van der Waals surface area contributed by atoms with Gasteiger partial charge in [0, 0.05) is 23.9 Å². The van der Waals surface area contributed by atoms with E-state index in [0.717, 1.165) is 48.3 Å². The van der Waals surface area contributed by atoms with Crippen LogP contribution in [-0.4, -0.2) is 30.5 Å². The zero-order valence-electron chi connectivity index (χ0n) is 10.2. The maximum Gasteiger partial charge on any atom is 0.125 e. The molecule has 1 saturated heterocycles. The second kappa shape index (κ2) is 5.19. The number of hydrogen-bond donors (Lipinski definition) is 1. The monoisotopic (exact) mass is 312 g/mol. The van der Waals surface area contributed by atoms with Crippen molar-refractivity contribution < 1.29 is 14.6 Å². The first kappa shape index (κ1) is 12.5. The summed E-state index contributed by atoms with van der Waals surface area (Å²) >= 11 is 3.52. The first-order valence-corrected chi connectivity index (χ1v) is 7.27. The van der Waals surface area contributed by atoms with Crippen molar-refractivity contribution in [1.29, 1.82) is 0 Å². The van der Waals surface area contributed by atoms with E-state index >= 15 is 0 Å². The van der Waals surface area contributed by atoms with E-state index in [4.69, 9.17) is 9.47 Å². The van der Waals surface area contributed by atoms with Crippen LogP contribution in [0, 0.1) is 0 Å². The summed E-state index contributed by atoms with van der Waals surface area (Å²) in [6.07, 6.45) is 3.12.